The van der Waals surface area contributed by atoms with Gasteiger partial charge in [-0.2, -0.15) is 10.1 Å². The summed E-state index contributed by atoms with van der Waals surface area (Å²) in [5, 5.41) is 6.23. The summed E-state index contributed by atoms with van der Waals surface area (Å²) in [6.45, 7) is 6.71. The first-order valence-corrected chi connectivity index (χ1v) is 10.1. The molecule has 1 unspecified atom stereocenters. The number of hydrogen-bond donors (Lipinski definition) is 0. The fraction of sp³-hybridized carbons (Fsp3) is 0.450. The Labute approximate surface area is 168 Å². The van der Waals surface area contributed by atoms with Crippen molar-refractivity contribution >= 4 is 50.0 Å². The number of esters is 1. The van der Waals surface area contributed by atoms with E-state index in [0.717, 1.165) is 16.6 Å². The highest BCUT2D eigenvalue weighted by Crippen LogP contribution is 2.33. The summed E-state index contributed by atoms with van der Waals surface area (Å²) >= 11 is 1.39. The van der Waals surface area contributed by atoms with E-state index >= 15 is 0 Å². The fourth-order valence-corrected chi connectivity index (χ4v) is 3.88. The molecule has 1 aliphatic rings. The van der Waals surface area contributed by atoms with Gasteiger partial charge in [0.2, 0.25) is 5.13 Å². The Bertz CT molecular complexity index is 915. The molecule has 2 aromatic rings. The number of ether oxygens (including phenoxy) is 1. The van der Waals surface area contributed by atoms with Crippen molar-refractivity contribution in [2.24, 2.45) is 21.9 Å². The lowest BCUT2D eigenvalue weighted by molar-refractivity contribution is -0.139. The molecule has 0 spiro atoms. The number of benzene rings is 1. The van der Waals surface area contributed by atoms with Crippen LogP contribution in [0.3, 0.4) is 0 Å². The van der Waals surface area contributed by atoms with Gasteiger partial charge in [0.05, 0.1) is 29.5 Å². The van der Waals surface area contributed by atoms with Crippen LogP contribution in [0, 0.1) is 11.8 Å². The summed E-state index contributed by atoms with van der Waals surface area (Å²) in [6, 6.07) is 7.67. The van der Waals surface area contributed by atoms with Crippen LogP contribution in [-0.4, -0.2) is 41.9 Å². The van der Waals surface area contributed by atoms with Crippen LogP contribution in [0.1, 0.15) is 33.6 Å². The predicted molar refractivity (Wildman–Crippen MR) is 112 cm³/mol. The number of thiazole rings is 1. The molecule has 0 fully saturated rings. The summed E-state index contributed by atoms with van der Waals surface area (Å²) in [6.07, 6.45) is 0.884. The number of carbonyl (C=O) groups excluding carboxylic acids is 2. The maximum absolute atomic E-state index is 13.1. The van der Waals surface area contributed by atoms with Crippen LogP contribution >= 0.6 is 11.3 Å². The van der Waals surface area contributed by atoms with Gasteiger partial charge in [0, 0.05) is 12.3 Å². The third kappa shape index (κ3) is 4.27. The molecule has 0 aliphatic carbocycles. The molecule has 0 N–H and O–H groups in total. The van der Waals surface area contributed by atoms with Crippen LogP contribution in [0.15, 0.2) is 34.4 Å². The van der Waals surface area contributed by atoms with Crippen molar-refractivity contribution in [3.8, 4) is 0 Å². The van der Waals surface area contributed by atoms with E-state index in [1.807, 2.05) is 31.2 Å². The molecule has 2 heterocycles. The number of carbonyl (C=O) groups is 2. The van der Waals surface area contributed by atoms with Gasteiger partial charge in [-0.25, -0.2) is 4.98 Å². The summed E-state index contributed by atoms with van der Waals surface area (Å²) in [5.41, 5.74) is 1.92. The average Bonchev–Trinajstić information content (AvgIpc) is 3.22. The van der Waals surface area contributed by atoms with Gasteiger partial charge in [0.1, 0.15) is 5.92 Å². The van der Waals surface area contributed by atoms with Crippen molar-refractivity contribution in [3.63, 3.8) is 0 Å². The second-order valence-corrected chi connectivity index (χ2v) is 8.11. The number of para-hydroxylation sites is 1. The SMILES string of the molecule is COC(=O)CC1=NN(c2nc3ccccc3s2)C(=O)C1C(C)=NCCC(C)C. The molecule has 8 heteroatoms. The molecule has 28 heavy (non-hydrogen) atoms. The van der Waals surface area contributed by atoms with Crippen molar-refractivity contribution in [2.75, 3.05) is 18.7 Å². The molecule has 0 saturated carbocycles. The Kier molecular flexibility index (Phi) is 6.18. The minimum absolute atomic E-state index is 0.0503. The quantitative estimate of drug-likeness (QED) is 0.524. The van der Waals surface area contributed by atoms with E-state index in [1.54, 1.807) is 0 Å². The van der Waals surface area contributed by atoms with E-state index < -0.39 is 11.9 Å². The number of nitrogens with zero attached hydrogens (tertiary/aromatic N) is 4. The largest absolute Gasteiger partial charge is 0.469 e. The number of aromatic nitrogens is 1. The minimum atomic E-state index is -0.654. The minimum Gasteiger partial charge on any atom is -0.469 e. The number of methoxy groups -OCH3 is 1. The van der Waals surface area contributed by atoms with Crippen LogP contribution in [0.25, 0.3) is 10.2 Å². The van der Waals surface area contributed by atoms with E-state index in [0.29, 0.717) is 29.0 Å². The molecule has 1 amide bonds. The first-order valence-electron chi connectivity index (χ1n) is 9.25. The van der Waals surface area contributed by atoms with E-state index in [4.69, 9.17) is 4.74 Å². The number of anilines is 1. The molecular formula is C20H24N4O3S. The summed E-state index contributed by atoms with van der Waals surface area (Å²) in [7, 11) is 1.32. The van der Waals surface area contributed by atoms with E-state index in [9.17, 15) is 9.59 Å². The molecule has 1 aliphatic heterocycles. The molecule has 0 saturated heterocycles. The Morgan fingerprint density at radius 2 is 2.11 bits per heavy atom. The van der Waals surface area contributed by atoms with Crippen molar-refractivity contribution in [2.45, 2.75) is 33.6 Å². The van der Waals surface area contributed by atoms with Gasteiger partial charge in [-0.3, -0.25) is 14.6 Å². The second kappa shape index (κ2) is 8.60. The zero-order chi connectivity index (χ0) is 20.3. The van der Waals surface area contributed by atoms with Crippen molar-refractivity contribution in [3.05, 3.63) is 24.3 Å². The number of hydrogen-bond acceptors (Lipinski definition) is 7. The smallest absolute Gasteiger partial charge is 0.311 e. The van der Waals surface area contributed by atoms with Gasteiger partial charge < -0.3 is 4.74 Å². The van der Waals surface area contributed by atoms with Crippen molar-refractivity contribution < 1.29 is 14.3 Å². The molecule has 1 aromatic carbocycles. The van der Waals surface area contributed by atoms with E-state index in [-0.39, 0.29) is 12.3 Å². The fourth-order valence-electron chi connectivity index (χ4n) is 2.96. The highest BCUT2D eigenvalue weighted by atomic mass is 32.1. The van der Waals surface area contributed by atoms with Gasteiger partial charge in [-0.15, -0.1) is 0 Å². The normalized spacial score (nSPS) is 17.5. The van der Waals surface area contributed by atoms with Crippen molar-refractivity contribution in [1.82, 2.24) is 4.98 Å². The molecule has 148 valence electrons. The Morgan fingerprint density at radius 3 is 2.79 bits per heavy atom. The highest BCUT2D eigenvalue weighted by molar-refractivity contribution is 7.22. The number of amides is 1. The Balaban J connectivity index is 1.91. The number of hydrazone groups is 1. The van der Waals surface area contributed by atoms with Crippen LogP contribution < -0.4 is 5.01 Å². The first kappa shape index (κ1) is 20.1. The lowest BCUT2D eigenvalue weighted by atomic mass is 9.96. The van der Waals surface area contributed by atoms with Gasteiger partial charge in [0.25, 0.3) is 5.91 Å². The zero-order valence-corrected chi connectivity index (χ0v) is 17.3. The van der Waals surface area contributed by atoms with Crippen LogP contribution in [0.2, 0.25) is 0 Å². The van der Waals surface area contributed by atoms with Crippen LogP contribution in [0.5, 0.6) is 0 Å². The summed E-state index contributed by atoms with van der Waals surface area (Å²) < 4.78 is 5.75. The van der Waals surface area contributed by atoms with Crippen molar-refractivity contribution in [1.29, 1.82) is 0 Å². The van der Waals surface area contributed by atoms with Crippen LogP contribution in [0.4, 0.5) is 5.13 Å². The monoisotopic (exact) mass is 400 g/mol. The van der Waals surface area contributed by atoms with Gasteiger partial charge in [-0.05, 0) is 31.4 Å². The molecular weight excluding hydrogens is 376 g/mol. The molecule has 3 rings (SSSR count). The maximum Gasteiger partial charge on any atom is 0.311 e. The molecule has 1 atom stereocenters. The van der Waals surface area contributed by atoms with E-state index in [1.165, 1.54) is 23.5 Å². The molecule has 1 aromatic heterocycles. The zero-order valence-electron chi connectivity index (χ0n) is 16.5. The Hall–Kier alpha value is -2.61. The van der Waals surface area contributed by atoms with E-state index in [2.05, 4.69) is 28.9 Å². The van der Waals surface area contributed by atoms with Gasteiger partial charge >= 0.3 is 5.97 Å². The Morgan fingerprint density at radius 1 is 1.36 bits per heavy atom. The summed E-state index contributed by atoms with van der Waals surface area (Å²) in [4.78, 5) is 34.1. The molecule has 0 radical (unpaired) electrons. The molecule has 7 nitrogen and oxygen atoms in total. The van der Waals surface area contributed by atoms with Gasteiger partial charge in [-0.1, -0.05) is 37.3 Å². The van der Waals surface area contributed by atoms with Crippen LogP contribution in [-0.2, 0) is 14.3 Å². The third-order valence-electron chi connectivity index (χ3n) is 4.52. The second-order valence-electron chi connectivity index (χ2n) is 7.10. The third-order valence-corrected chi connectivity index (χ3v) is 5.53. The first-order chi connectivity index (χ1) is 13.4. The average molecular weight is 401 g/mol. The topological polar surface area (TPSA) is 84.2 Å². The summed E-state index contributed by atoms with van der Waals surface area (Å²) in [5.74, 6) is -0.794. The maximum atomic E-state index is 13.1. The van der Waals surface area contributed by atoms with Gasteiger partial charge in [0.15, 0.2) is 0 Å². The number of rotatable bonds is 7. The lowest BCUT2D eigenvalue weighted by Crippen LogP contribution is -2.33. The number of fused-ring (bicyclic) bond motifs is 1. The predicted octanol–water partition coefficient (Wildman–Crippen LogP) is 3.69. The lowest BCUT2D eigenvalue weighted by Gasteiger charge is -2.12. The standard InChI is InChI=1S/C20H24N4O3S/c1-12(2)9-10-21-13(3)18-15(11-17(25)27-4)23-24(19(18)26)20-22-14-7-5-6-8-16(14)28-20/h5-8,12,18H,9-11H2,1-4H3. The highest BCUT2D eigenvalue weighted by Gasteiger charge is 2.40. The molecule has 0 bridgehead atoms. The number of aliphatic imine (C=N–C) groups is 1.